The van der Waals surface area contributed by atoms with Crippen molar-refractivity contribution < 1.29 is 19.5 Å². The van der Waals surface area contributed by atoms with Gasteiger partial charge >= 0.3 is 17.8 Å². The summed E-state index contributed by atoms with van der Waals surface area (Å²) < 4.78 is 0. The third-order valence-corrected chi connectivity index (χ3v) is 5.32. The molecular weight excluding hydrogens is 340 g/mol. The second-order valence-corrected chi connectivity index (χ2v) is 6.92. The predicted octanol–water partition coefficient (Wildman–Crippen LogP) is 2.23. The van der Waals surface area contributed by atoms with Crippen LogP contribution in [0.1, 0.15) is 32.8 Å². The largest absolute Gasteiger partial charge is 0.478 e. The molecule has 0 bridgehead atoms. The van der Waals surface area contributed by atoms with Crippen molar-refractivity contribution in [2.24, 2.45) is 0 Å². The van der Waals surface area contributed by atoms with Crippen LogP contribution in [0.2, 0.25) is 0 Å². The van der Waals surface area contributed by atoms with Gasteiger partial charge in [0, 0.05) is 11.4 Å². The van der Waals surface area contributed by atoms with E-state index in [0.29, 0.717) is 19.4 Å². The lowest BCUT2D eigenvalue weighted by Gasteiger charge is -2.07. The highest BCUT2D eigenvalue weighted by molar-refractivity contribution is 7.17. The molecule has 2 aromatic rings. The summed E-state index contributed by atoms with van der Waals surface area (Å²) in [5, 5.41) is 14.7. The Morgan fingerprint density at radius 2 is 1.84 bits per heavy atom. The summed E-state index contributed by atoms with van der Waals surface area (Å²) in [6.07, 6.45) is 3.06. The average molecular weight is 358 g/mol. The second kappa shape index (κ2) is 7.48. The predicted molar refractivity (Wildman–Crippen MR) is 95.1 cm³/mol. The van der Waals surface area contributed by atoms with Gasteiger partial charge in [-0.25, -0.2) is 4.79 Å². The van der Waals surface area contributed by atoms with Crippen LogP contribution >= 0.6 is 11.3 Å². The van der Waals surface area contributed by atoms with Crippen LogP contribution in [0.3, 0.4) is 0 Å². The van der Waals surface area contributed by atoms with E-state index in [1.807, 2.05) is 30.3 Å². The van der Waals surface area contributed by atoms with Crippen molar-refractivity contribution in [3.8, 4) is 0 Å². The lowest BCUT2D eigenvalue weighted by atomic mass is 10.1. The topological polar surface area (TPSA) is 95.5 Å². The number of benzene rings is 1. The molecule has 0 atom stereocenters. The number of aryl methyl sites for hydroxylation is 1. The highest BCUT2D eigenvalue weighted by atomic mass is 32.1. The summed E-state index contributed by atoms with van der Waals surface area (Å²) in [6.45, 7) is 0.336. The maximum Gasteiger partial charge on any atom is 0.339 e. The van der Waals surface area contributed by atoms with Crippen molar-refractivity contribution in [1.82, 2.24) is 5.32 Å². The molecule has 1 aromatic heterocycles. The van der Waals surface area contributed by atoms with Crippen molar-refractivity contribution >= 4 is 34.1 Å². The molecule has 2 amide bonds. The molecule has 0 saturated heterocycles. The van der Waals surface area contributed by atoms with Crippen molar-refractivity contribution in [3.63, 3.8) is 0 Å². The first kappa shape index (κ1) is 17.2. The molecular formula is C18H18N2O4S. The number of hydrogen-bond acceptors (Lipinski definition) is 4. The first-order valence-corrected chi connectivity index (χ1v) is 8.89. The van der Waals surface area contributed by atoms with Crippen LogP contribution in [0.15, 0.2) is 30.3 Å². The van der Waals surface area contributed by atoms with Crippen molar-refractivity contribution in [2.75, 3.05) is 11.9 Å². The van der Waals surface area contributed by atoms with Crippen molar-refractivity contribution in [3.05, 3.63) is 51.9 Å². The van der Waals surface area contributed by atoms with E-state index in [2.05, 4.69) is 10.6 Å². The van der Waals surface area contributed by atoms with E-state index in [1.54, 1.807) is 0 Å². The molecule has 3 rings (SSSR count). The standard InChI is InChI=1S/C18H18N2O4S/c21-15(19-10-9-11-5-2-1-3-6-11)16(22)20-17-14(18(23)24)12-7-4-8-13(12)25-17/h1-3,5-6H,4,7-10H2,(H,19,21)(H,20,22)(H,23,24). The minimum Gasteiger partial charge on any atom is -0.478 e. The van der Waals surface area contributed by atoms with E-state index < -0.39 is 17.8 Å². The number of amides is 2. The maximum absolute atomic E-state index is 12.0. The normalized spacial score (nSPS) is 12.5. The van der Waals surface area contributed by atoms with Gasteiger partial charge in [0.25, 0.3) is 0 Å². The Balaban J connectivity index is 1.59. The summed E-state index contributed by atoms with van der Waals surface area (Å²) in [5.74, 6) is -2.67. The van der Waals surface area contributed by atoms with Gasteiger partial charge in [-0.2, -0.15) is 0 Å². The van der Waals surface area contributed by atoms with Gasteiger partial charge in [-0.3, -0.25) is 9.59 Å². The zero-order valence-corrected chi connectivity index (χ0v) is 14.3. The monoisotopic (exact) mass is 358 g/mol. The molecule has 0 spiro atoms. The van der Waals surface area contributed by atoms with E-state index in [-0.39, 0.29) is 10.6 Å². The molecule has 1 aliphatic carbocycles. The lowest BCUT2D eigenvalue weighted by molar-refractivity contribution is -0.136. The lowest BCUT2D eigenvalue weighted by Crippen LogP contribution is -2.36. The van der Waals surface area contributed by atoms with Gasteiger partial charge in [0.15, 0.2) is 0 Å². The minimum atomic E-state index is -1.07. The van der Waals surface area contributed by atoms with E-state index in [9.17, 15) is 19.5 Å². The van der Waals surface area contributed by atoms with Gasteiger partial charge in [-0.05, 0) is 36.8 Å². The van der Waals surface area contributed by atoms with E-state index in [0.717, 1.165) is 28.8 Å². The molecule has 0 fully saturated rings. The van der Waals surface area contributed by atoms with Crippen LogP contribution in [0.25, 0.3) is 0 Å². The number of carboxylic acids is 1. The van der Waals surface area contributed by atoms with Gasteiger partial charge in [0.2, 0.25) is 0 Å². The zero-order valence-electron chi connectivity index (χ0n) is 13.5. The van der Waals surface area contributed by atoms with Crippen molar-refractivity contribution in [1.29, 1.82) is 0 Å². The second-order valence-electron chi connectivity index (χ2n) is 5.81. The summed E-state index contributed by atoms with van der Waals surface area (Å²) in [7, 11) is 0. The highest BCUT2D eigenvalue weighted by Gasteiger charge is 2.28. The summed E-state index contributed by atoms with van der Waals surface area (Å²) in [4.78, 5) is 36.4. The summed E-state index contributed by atoms with van der Waals surface area (Å²) in [5.41, 5.74) is 1.98. The first-order valence-electron chi connectivity index (χ1n) is 8.07. The average Bonchev–Trinajstić information content (AvgIpc) is 3.15. The van der Waals surface area contributed by atoms with E-state index in [4.69, 9.17) is 0 Å². The number of carbonyl (C=O) groups is 3. The molecule has 3 N–H and O–H groups in total. The molecule has 0 aliphatic heterocycles. The molecule has 0 radical (unpaired) electrons. The number of fused-ring (bicyclic) bond motifs is 1. The summed E-state index contributed by atoms with van der Waals surface area (Å²) >= 11 is 1.25. The Bertz CT molecular complexity index is 814. The Morgan fingerprint density at radius 3 is 2.56 bits per heavy atom. The number of anilines is 1. The Hall–Kier alpha value is -2.67. The summed E-state index contributed by atoms with van der Waals surface area (Å²) in [6, 6.07) is 9.62. The smallest absolute Gasteiger partial charge is 0.339 e. The van der Waals surface area contributed by atoms with E-state index in [1.165, 1.54) is 11.3 Å². The Morgan fingerprint density at radius 1 is 1.08 bits per heavy atom. The van der Waals surface area contributed by atoms with Gasteiger partial charge < -0.3 is 15.7 Å². The highest BCUT2D eigenvalue weighted by Crippen LogP contribution is 2.38. The fraction of sp³-hybridized carbons (Fsp3) is 0.278. The quantitative estimate of drug-likeness (QED) is 0.714. The molecule has 7 heteroatoms. The van der Waals surface area contributed by atoms with Crippen LogP contribution in [-0.4, -0.2) is 29.4 Å². The van der Waals surface area contributed by atoms with Gasteiger partial charge in [-0.15, -0.1) is 11.3 Å². The van der Waals surface area contributed by atoms with Gasteiger partial charge in [0.1, 0.15) is 5.00 Å². The molecule has 25 heavy (non-hydrogen) atoms. The molecule has 1 aliphatic rings. The SMILES string of the molecule is O=C(NCCc1ccccc1)C(=O)Nc1sc2c(c1C(=O)O)CCC2. The van der Waals surface area contributed by atoms with Crippen LogP contribution in [0.4, 0.5) is 5.00 Å². The fourth-order valence-corrected chi connectivity index (χ4v) is 4.20. The minimum absolute atomic E-state index is 0.128. The number of carboxylic acid groups (broad SMARTS) is 1. The maximum atomic E-state index is 12.0. The van der Waals surface area contributed by atoms with Crippen LogP contribution < -0.4 is 10.6 Å². The molecule has 0 saturated carbocycles. The molecule has 0 unspecified atom stereocenters. The zero-order chi connectivity index (χ0) is 17.8. The fourth-order valence-electron chi connectivity index (χ4n) is 2.92. The molecule has 130 valence electrons. The molecule has 6 nitrogen and oxygen atoms in total. The van der Waals surface area contributed by atoms with Gasteiger partial charge in [0.05, 0.1) is 5.56 Å². The molecule has 1 aromatic carbocycles. The third kappa shape index (κ3) is 3.88. The number of thiophene rings is 1. The number of aromatic carboxylic acids is 1. The number of carbonyl (C=O) groups excluding carboxylic acids is 2. The number of hydrogen-bond donors (Lipinski definition) is 3. The number of rotatable bonds is 5. The van der Waals surface area contributed by atoms with Crippen molar-refractivity contribution in [2.45, 2.75) is 25.7 Å². The van der Waals surface area contributed by atoms with E-state index >= 15 is 0 Å². The van der Waals surface area contributed by atoms with Crippen LogP contribution in [0, 0.1) is 0 Å². The number of nitrogens with one attached hydrogen (secondary N) is 2. The molecule has 1 heterocycles. The Labute approximate surface area is 148 Å². The first-order chi connectivity index (χ1) is 12.1. The van der Waals surface area contributed by atoms with Crippen LogP contribution in [-0.2, 0) is 28.9 Å². The third-order valence-electron chi connectivity index (χ3n) is 4.11. The van der Waals surface area contributed by atoms with Crippen LogP contribution in [0.5, 0.6) is 0 Å². The van der Waals surface area contributed by atoms with Gasteiger partial charge in [-0.1, -0.05) is 30.3 Å². The Kier molecular flexibility index (Phi) is 5.14.